The summed E-state index contributed by atoms with van der Waals surface area (Å²) < 4.78 is 0. The number of nitrogens with one attached hydrogen (secondary N) is 2. The molecule has 2 atom stereocenters. The third kappa shape index (κ3) is 4.16. The first-order valence-corrected chi connectivity index (χ1v) is 8.89. The molecule has 0 radical (unpaired) electrons. The van der Waals surface area contributed by atoms with Crippen molar-refractivity contribution in [2.75, 3.05) is 5.32 Å². The lowest BCUT2D eigenvalue weighted by atomic mass is 9.98. The van der Waals surface area contributed by atoms with E-state index in [4.69, 9.17) is 0 Å². The van der Waals surface area contributed by atoms with Gasteiger partial charge in [0.15, 0.2) is 0 Å². The van der Waals surface area contributed by atoms with Crippen LogP contribution in [-0.4, -0.2) is 11.9 Å². The van der Waals surface area contributed by atoms with Gasteiger partial charge in [-0.05, 0) is 48.4 Å². The Labute approximate surface area is 144 Å². The third-order valence-electron chi connectivity index (χ3n) is 4.72. The second-order valence-electron chi connectivity index (χ2n) is 6.70. The maximum absolute atomic E-state index is 12.6. The number of carbonyl (C=O) groups excluding carboxylic acids is 1. The van der Waals surface area contributed by atoms with E-state index in [0.717, 1.165) is 30.5 Å². The monoisotopic (exact) mass is 322 g/mol. The van der Waals surface area contributed by atoms with Crippen LogP contribution in [0.4, 0.5) is 5.69 Å². The summed E-state index contributed by atoms with van der Waals surface area (Å²) in [6, 6.07) is 18.4. The van der Waals surface area contributed by atoms with Crippen molar-refractivity contribution in [3.63, 3.8) is 0 Å². The van der Waals surface area contributed by atoms with Crippen LogP contribution in [0.2, 0.25) is 0 Å². The van der Waals surface area contributed by atoms with Crippen molar-refractivity contribution in [3.05, 3.63) is 65.7 Å². The molecule has 1 aliphatic rings. The second-order valence-corrected chi connectivity index (χ2v) is 6.70. The van der Waals surface area contributed by atoms with Crippen LogP contribution in [0.15, 0.2) is 54.6 Å². The summed E-state index contributed by atoms with van der Waals surface area (Å²) >= 11 is 0. The number of hydrogen-bond donors (Lipinski definition) is 2. The Balaban J connectivity index is 1.76. The van der Waals surface area contributed by atoms with Gasteiger partial charge >= 0.3 is 0 Å². The maximum atomic E-state index is 12.6. The van der Waals surface area contributed by atoms with E-state index in [1.807, 2.05) is 30.3 Å². The van der Waals surface area contributed by atoms with Gasteiger partial charge in [-0.1, -0.05) is 56.3 Å². The predicted molar refractivity (Wildman–Crippen MR) is 99.1 cm³/mol. The predicted octanol–water partition coefficient (Wildman–Crippen LogP) is 4.63. The number of amides is 1. The smallest absolute Gasteiger partial charge is 0.247 e. The van der Waals surface area contributed by atoms with E-state index in [2.05, 4.69) is 48.7 Å². The Kier molecular flexibility index (Phi) is 5.19. The normalized spacial score (nSPS) is 16.2. The van der Waals surface area contributed by atoms with Crippen LogP contribution in [0, 0.1) is 0 Å². The lowest BCUT2D eigenvalue weighted by molar-refractivity contribution is -0.122. The van der Waals surface area contributed by atoms with Crippen LogP contribution >= 0.6 is 0 Å². The molecule has 2 aromatic carbocycles. The fourth-order valence-electron chi connectivity index (χ4n) is 2.77. The molecular weight excluding hydrogens is 296 g/mol. The van der Waals surface area contributed by atoms with Crippen molar-refractivity contribution in [3.8, 4) is 0 Å². The van der Waals surface area contributed by atoms with Gasteiger partial charge < -0.3 is 10.6 Å². The van der Waals surface area contributed by atoms with Crippen molar-refractivity contribution in [1.29, 1.82) is 0 Å². The lowest BCUT2D eigenvalue weighted by Gasteiger charge is -2.20. The molecule has 3 rings (SSSR count). The highest BCUT2D eigenvalue weighted by atomic mass is 16.2. The molecule has 0 bridgehead atoms. The maximum Gasteiger partial charge on any atom is 0.247 e. The molecule has 0 saturated heterocycles. The number of anilines is 1. The van der Waals surface area contributed by atoms with E-state index in [0.29, 0.717) is 12.0 Å². The van der Waals surface area contributed by atoms with Crippen LogP contribution in [0.25, 0.3) is 0 Å². The highest BCUT2D eigenvalue weighted by Gasteiger charge is 2.28. The largest absolute Gasteiger partial charge is 0.370 e. The quantitative estimate of drug-likeness (QED) is 0.780. The molecule has 0 aliphatic heterocycles. The van der Waals surface area contributed by atoms with Crippen molar-refractivity contribution in [2.24, 2.45) is 0 Å². The zero-order valence-electron chi connectivity index (χ0n) is 14.5. The molecule has 2 unspecified atom stereocenters. The molecule has 3 heteroatoms. The minimum absolute atomic E-state index is 0.0507. The number of benzene rings is 2. The number of hydrogen-bond acceptors (Lipinski definition) is 2. The highest BCUT2D eigenvalue weighted by molar-refractivity contribution is 5.86. The Morgan fingerprint density at radius 1 is 1.04 bits per heavy atom. The minimum atomic E-state index is -0.360. The molecule has 1 aliphatic carbocycles. The first kappa shape index (κ1) is 16.6. The van der Waals surface area contributed by atoms with Gasteiger partial charge in [0.05, 0.1) is 0 Å². The van der Waals surface area contributed by atoms with Gasteiger partial charge in [-0.15, -0.1) is 0 Å². The number of rotatable bonds is 7. The summed E-state index contributed by atoms with van der Waals surface area (Å²) in [6.07, 6.45) is 3.32. The standard InChI is InChI=1S/C21H26N2O/c1-3-15(2)16-9-11-18(12-10-16)22-20(17-7-5-4-6-8-17)21(24)23-19-13-14-19/h4-12,15,19-20,22H,3,13-14H2,1-2H3,(H,23,24). The topological polar surface area (TPSA) is 41.1 Å². The Morgan fingerprint density at radius 3 is 2.29 bits per heavy atom. The summed E-state index contributed by atoms with van der Waals surface area (Å²) in [5.41, 5.74) is 3.30. The third-order valence-corrected chi connectivity index (χ3v) is 4.72. The summed E-state index contributed by atoms with van der Waals surface area (Å²) in [5.74, 6) is 0.608. The lowest BCUT2D eigenvalue weighted by Crippen LogP contribution is -2.34. The van der Waals surface area contributed by atoms with Gasteiger partial charge in [-0.2, -0.15) is 0 Å². The van der Waals surface area contributed by atoms with Gasteiger partial charge in [0, 0.05) is 11.7 Å². The van der Waals surface area contributed by atoms with Crippen molar-refractivity contribution in [1.82, 2.24) is 5.32 Å². The average molecular weight is 322 g/mol. The molecule has 0 heterocycles. The fourth-order valence-corrected chi connectivity index (χ4v) is 2.77. The number of carbonyl (C=O) groups is 1. The Bertz CT molecular complexity index is 662. The first-order chi connectivity index (χ1) is 11.7. The fraction of sp³-hybridized carbons (Fsp3) is 0.381. The molecule has 2 aromatic rings. The van der Waals surface area contributed by atoms with Gasteiger partial charge in [0.1, 0.15) is 6.04 Å². The van der Waals surface area contributed by atoms with Crippen molar-refractivity contribution >= 4 is 11.6 Å². The Hall–Kier alpha value is -2.29. The molecular formula is C21H26N2O. The molecule has 1 fully saturated rings. The van der Waals surface area contributed by atoms with Crippen LogP contribution < -0.4 is 10.6 Å². The molecule has 0 spiro atoms. The Morgan fingerprint density at radius 2 is 1.71 bits per heavy atom. The van der Waals surface area contributed by atoms with E-state index in [9.17, 15) is 4.79 Å². The van der Waals surface area contributed by atoms with Gasteiger partial charge in [0.25, 0.3) is 0 Å². The molecule has 126 valence electrons. The van der Waals surface area contributed by atoms with E-state index in [1.165, 1.54) is 5.56 Å². The SMILES string of the molecule is CCC(C)c1ccc(NC(C(=O)NC2CC2)c2ccccc2)cc1. The van der Waals surface area contributed by atoms with Gasteiger partial charge in [-0.25, -0.2) is 0 Å². The minimum Gasteiger partial charge on any atom is -0.370 e. The van der Waals surface area contributed by atoms with Crippen LogP contribution in [0.3, 0.4) is 0 Å². The van der Waals surface area contributed by atoms with E-state index < -0.39 is 0 Å². The van der Waals surface area contributed by atoms with Crippen LogP contribution in [0.1, 0.15) is 56.2 Å². The molecule has 2 N–H and O–H groups in total. The molecule has 3 nitrogen and oxygen atoms in total. The second kappa shape index (κ2) is 7.52. The molecule has 1 saturated carbocycles. The summed E-state index contributed by atoms with van der Waals surface area (Å²) in [5, 5.41) is 6.51. The molecule has 24 heavy (non-hydrogen) atoms. The van der Waals surface area contributed by atoms with E-state index in [1.54, 1.807) is 0 Å². The zero-order chi connectivity index (χ0) is 16.9. The van der Waals surface area contributed by atoms with E-state index in [-0.39, 0.29) is 11.9 Å². The van der Waals surface area contributed by atoms with Crippen molar-refractivity contribution < 1.29 is 4.79 Å². The van der Waals surface area contributed by atoms with Crippen molar-refractivity contribution in [2.45, 2.75) is 51.1 Å². The zero-order valence-corrected chi connectivity index (χ0v) is 14.5. The van der Waals surface area contributed by atoms with Crippen LogP contribution in [-0.2, 0) is 4.79 Å². The van der Waals surface area contributed by atoms with Gasteiger partial charge in [-0.3, -0.25) is 4.79 Å². The summed E-state index contributed by atoms with van der Waals surface area (Å²) in [6.45, 7) is 4.43. The molecule has 1 amide bonds. The highest BCUT2D eigenvalue weighted by Crippen LogP contribution is 2.25. The van der Waals surface area contributed by atoms with Crippen LogP contribution in [0.5, 0.6) is 0 Å². The van der Waals surface area contributed by atoms with Gasteiger partial charge in [0.2, 0.25) is 5.91 Å². The average Bonchev–Trinajstić information content (AvgIpc) is 3.44. The molecule has 0 aromatic heterocycles. The summed E-state index contributed by atoms with van der Waals surface area (Å²) in [7, 11) is 0. The first-order valence-electron chi connectivity index (χ1n) is 8.89. The summed E-state index contributed by atoms with van der Waals surface area (Å²) in [4.78, 5) is 12.6. The van der Waals surface area contributed by atoms with E-state index >= 15 is 0 Å².